The number of ether oxygens (including phenoxy) is 1. The minimum absolute atomic E-state index is 0.349. The normalized spacial score (nSPS) is 16.5. The van der Waals surface area contributed by atoms with Crippen LogP contribution >= 0.6 is 11.3 Å². The van der Waals surface area contributed by atoms with Gasteiger partial charge in [0.25, 0.3) is 0 Å². The van der Waals surface area contributed by atoms with Crippen LogP contribution in [-0.2, 0) is 13.0 Å². The van der Waals surface area contributed by atoms with Gasteiger partial charge in [-0.15, -0.1) is 11.3 Å². The molecule has 3 rings (SSSR count). The Morgan fingerprint density at radius 2 is 2.07 bits per heavy atom. The van der Waals surface area contributed by atoms with Gasteiger partial charge < -0.3 is 20.1 Å². The molecule has 1 fully saturated rings. The van der Waals surface area contributed by atoms with Gasteiger partial charge in [-0.25, -0.2) is 4.98 Å². The number of aliphatic hydroxyl groups is 1. The van der Waals surface area contributed by atoms with Crippen molar-refractivity contribution in [3.63, 3.8) is 0 Å². The molecule has 5 nitrogen and oxygen atoms in total. The first kappa shape index (κ1) is 22.2. The van der Waals surface area contributed by atoms with E-state index in [-0.39, 0.29) is 0 Å². The molecule has 0 spiro atoms. The summed E-state index contributed by atoms with van der Waals surface area (Å²) in [6, 6.07) is 8.17. The van der Waals surface area contributed by atoms with Crippen molar-refractivity contribution >= 4 is 11.3 Å². The van der Waals surface area contributed by atoms with Crippen molar-refractivity contribution in [2.75, 3.05) is 32.8 Å². The summed E-state index contributed by atoms with van der Waals surface area (Å²) in [5.74, 6) is 0.833. The second-order valence-corrected chi connectivity index (χ2v) is 8.91. The SMILES string of the molecule is Cc1ncsc1CCCNCc1cccc(OCC(O)CN2CCCCCC2)c1. The Morgan fingerprint density at radius 1 is 1.24 bits per heavy atom. The molecule has 1 atom stereocenters. The van der Waals surface area contributed by atoms with Gasteiger partial charge in [0, 0.05) is 18.0 Å². The largest absolute Gasteiger partial charge is 0.491 e. The molecule has 1 aromatic heterocycles. The lowest BCUT2D eigenvalue weighted by atomic mass is 10.2. The van der Waals surface area contributed by atoms with Gasteiger partial charge in [0.05, 0.1) is 11.2 Å². The number of aliphatic hydroxyl groups excluding tert-OH is 1. The standard InChI is InChI=1S/C23H35N3O2S/c1-19-23(29-18-25-19)10-7-11-24-15-20-8-6-9-22(14-20)28-17-21(27)16-26-12-4-2-3-5-13-26/h6,8-9,14,18,21,24,27H,2-5,7,10-13,15-17H2,1H3. The van der Waals surface area contributed by atoms with E-state index < -0.39 is 6.10 Å². The summed E-state index contributed by atoms with van der Waals surface area (Å²) in [6.45, 7) is 7.14. The molecular weight excluding hydrogens is 382 g/mol. The van der Waals surface area contributed by atoms with Gasteiger partial charge in [-0.1, -0.05) is 25.0 Å². The van der Waals surface area contributed by atoms with Crippen LogP contribution in [-0.4, -0.2) is 53.9 Å². The number of β-amino-alcohol motifs (C(OH)–C–C–N with tert-alkyl or cyclic N) is 1. The number of aromatic nitrogens is 1. The molecule has 1 aliphatic rings. The Morgan fingerprint density at radius 3 is 2.83 bits per heavy atom. The molecule has 2 heterocycles. The Labute approximate surface area is 179 Å². The summed E-state index contributed by atoms with van der Waals surface area (Å²) < 4.78 is 5.86. The zero-order valence-corrected chi connectivity index (χ0v) is 18.4. The molecule has 1 unspecified atom stereocenters. The molecule has 2 aromatic rings. The molecular formula is C23H35N3O2S. The molecule has 0 bridgehead atoms. The fraction of sp³-hybridized carbons (Fsp3) is 0.609. The van der Waals surface area contributed by atoms with Crippen molar-refractivity contribution in [2.45, 2.75) is 58.1 Å². The van der Waals surface area contributed by atoms with Crippen LogP contribution in [0.15, 0.2) is 29.8 Å². The number of aryl methyl sites for hydroxylation is 2. The first-order chi connectivity index (χ1) is 14.2. The number of nitrogens with one attached hydrogen (secondary N) is 1. The van der Waals surface area contributed by atoms with Crippen LogP contribution in [0.5, 0.6) is 5.75 Å². The van der Waals surface area contributed by atoms with E-state index in [2.05, 4.69) is 34.3 Å². The maximum absolute atomic E-state index is 10.3. The second kappa shape index (κ2) is 12.3. The highest BCUT2D eigenvalue weighted by Crippen LogP contribution is 2.16. The van der Waals surface area contributed by atoms with Crippen LogP contribution in [0.3, 0.4) is 0 Å². The molecule has 29 heavy (non-hydrogen) atoms. The maximum Gasteiger partial charge on any atom is 0.119 e. The molecule has 0 saturated carbocycles. The first-order valence-corrected chi connectivity index (χ1v) is 11.8. The zero-order chi connectivity index (χ0) is 20.3. The van der Waals surface area contributed by atoms with Crippen LogP contribution in [0.4, 0.5) is 0 Å². The highest BCUT2D eigenvalue weighted by Gasteiger charge is 2.14. The minimum atomic E-state index is -0.440. The number of hydrogen-bond donors (Lipinski definition) is 2. The Hall–Kier alpha value is -1.47. The fourth-order valence-electron chi connectivity index (χ4n) is 3.78. The molecule has 1 aromatic carbocycles. The van der Waals surface area contributed by atoms with Gasteiger partial charge in [0.1, 0.15) is 18.5 Å². The summed E-state index contributed by atoms with van der Waals surface area (Å²) in [5, 5.41) is 13.8. The molecule has 6 heteroatoms. The van der Waals surface area contributed by atoms with Crippen molar-refractivity contribution in [1.29, 1.82) is 0 Å². The number of rotatable bonds is 11. The predicted molar refractivity (Wildman–Crippen MR) is 120 cm³/mol. The van der Waals surface area contributed by atoms with Gasteiger partial charge in [0.2, 0.25) is 0 Å². The van der Waals surface area contributed by atoms with Crippen LogP contribution in [0.25, 0.3) is 0 Å². The topological polar surface area (TPSA) is 57.6 Å². The van der Waals surface area contributed by atoms with Crippen LogP contribution < -0.4 is 10.1 Å². The summed E-state index contributed by atoms with van der Waals surface area (Å²) in [6.07, 6.45) is 6.87. The van der Waals surface area contributed by atoms with Crippen LogP contribution in [0.2, 0.25) is 0 Å². The third kappa shape index (κ3) is 8.05. The zero-order valence-electron chi connectivity index (χ0n) is 17.6. The Balaban J connectivity index is 1.33. The number of thiazole rings is 1. The van der Waals surface area contributed by atoms with E-state index in [1.165, 1.54) is 36.1 Å². The molecule has 1 saturated heterocycles. The molecule has 160 valence electrons. The Kier molecular flexibility index (Phi) is 9.41. The molecule has 0 radical (unpaired) electrons. The minimum Gasteiger partial charge on any atom is -0.491 e. The lowest BCUT2D eigenvalue weighted by Crippen LogP contribution is -2.36. The summed E-state index contributed by atoms with van der Waals surface area (Å²) in [7, 11) is 0. The van der Waals surface area contributed by atoms with E-state index in [9.17, 15) is 5.11 Å². The number of hydrogen-bond acceptors (Lipinski definition) is 6. The number of likely N-dealkylation sites (tertiary alicyclic amines) is 1. The molecule has 2 N–H and O–H groups in total. The van der Waals surface area contributed by atoms with Gasteiger partial charge in [-0.05, 0) is 69.9 Å². The van der Waals surface area contributed by atoms with E-state index in [0.717, 1.165) is 50.5 Å². The van der Waals surface area contributed by atoms with E-state index in [0.29, 0.717) is 13.2 Å². The van der Waals surface area contributed by atoms with Crippen molar-refractivity contribution < 1.29 is 9.84 Å². The fourth-order valence-corrected chi connectivity index (χ4v) is 4.60. The smallest absolute Gasteiger partial charge is 0.119 e. The number of nitrogens with zero attached hydrogens (tertiary/aromatic N) is 2. The van der Waals surface area contributed by atoms with E-state index in [1.54, 1.807) is 11.3 Å². The van der Waals surface area contributed by atoms with Gasteiger partial charge >= 0.3 is 0 Å². The van der Waals surface area contributed by atoms with Gasteiger partial charge in [-0.2, -0.15) is 0 Å². The molecule has 0 aliphatic carbocycles. The summed E-state index contributed by atoms with van der Waals surface area (Å²) in [5.41, 5.74) is 4.30. The maximum atomic E-state index is 10.3. The highest BCUT2D eigenvalue weighted by atomic mass is 32.1. The highest BCUT2D eigenvalue weighted by molar-refractivity contribution is 7.09. The third-order valence-electron chi connectivity index (χ3n) is 5.44. The van der Waals surface area contributed by atoms with E-state index >= 15 is 0 Å². The summed E-state index contributed by atoms with van der Waals surface area (Å²) >= 11 is 1.75. The number of benzene rings is 1. The van der Waals surface area contributed by atoms with Gasteiger partial charge in [0.15, 0.2) is 0 Å². The Bertz CT molecular complexity index is 714. The second-order valence-electron chi connectivity index (χ2n) is 7.97. The van der Waals surface area contributed by atoms with E-state index in [1.807, 2.05) is 17.6 Å². The van der Waals surface area contributed by atoms with Crippen molar-refractivity contribution in [3.8, 4) is 5.75 Å². The van der Waals surface area contributed by atoms with Gasteiger partial charge in [-0.3, -0.25) is 0 Å². The van der Waals surface area contributed by atoms with Crippen LogP contribution in [0.1, 0.15) is 48.2 Å². The predicted octanol–water partition coefficient (Wildman–Crippen LogP) is 3.79. The third-order valence-corrected chi connectivity index (χ3v) is 6.43. The van der Waals surface area contributed by atoms with Crippen molar-refractivity contribution in [3.05, 3.63) is 45.9 Å². The van der Waals surface area contributed by atoms with Crippen LogP contribution in [0, 0.1) is 6.92 Å². The first-order valence-electron chi connectivity index (χ1n) is 10.9. The lowest BCUT2D eigenvalue weighted by molar-refractivity contribution is 0.0693. The summed E-state index contributed by atoms with van der Waals surface area (Å²) in [4.78, 5) is 8.06. The lowest BCUT2D eigenvalue weighted by Gasteiger charge is -2.23. The average Bonchev–Trinajstić information content (AvgIpc) is 2.96. The van der Waals surface area contributed by atoms with E-state index in [4.69, 9.17) is 4.74 Å². The van der Waals surface area contributed by atoms with Crippen molar-refractivity contribution in [2.24, 2.45) is 0 Å². The molecule has 0 amide bonds. The molecule has 1 aliphatic heterocycles. The monoisotopic (exact) mass is 417 g/mol. The average molecular weight is 418 g/mol. The quantitative estimate of drug-likeness (QED) is 0.545. The van der Waals surface area contributed by atoms with Crippen molar-refractivity contribution in [1.82, 2.24) is 15.2 Å².